The molecule has 3 amide bonds. The molecule has 2 rings (SSSR count). The summed E-state index contributed by atoms with van der Waals surface area (Å²) in [5, 5.41) is 11.4. The van der Waals surface area contributed by atoms with Crippen molar-refractivity contribution in [2.45, 2.75) is 27.2 Å². The Morgan fingerprint density at radius 2 is 1.52 bits per heavy atom. The molecule has 0 fully saturated rings. The van der Waals surface area contributed by atoms with E-state index in [2.05, 4.69) is 21.3 Å². The summed E-state index contributed by atoms with van der Waals surface area (Å²) in [6, 6.07) is 14.0. The largest absolute Gasteiger partial charge is 0.376 e. The quantitative estimate of drug-likeness (QED) is 0.521. The van der Waals surface area contributed by atoms with Gasteiger partial charge in [0.05, 0.1) is 6.54 Å². The Labute approximate surface area is 171 Å². The van der Waals surface area contributed by atoms with Gasteiger partial charge in [0, 0.05) is 35.6 Å². The molecule has 0 atom stereocenters. The van der Waals surface area contributed by atoms with Gasteiger partial charge in [-0.1, -0.05) is 19.9 Å². The highest BCUT2D eigenvalue weighted by Crippen LogP contribution is 2.15. The van der Waals surface area contributed by atoms with Gasteiger partial charge in [-0.05, 0) is 55.3 Å². The van der Waals surface area contributed by atoms with Crippen LogP contribution in [0.15, 0.2) is 48.5 Å². The van der Waals surface area contributed by atoms with Crippen LogP contribution in [-0.2, 0) is 9.59 Å². The van der Waals surface area contributed by atoms with E-state index in [-0.39, 0.29) is 24.3 Å². The fourth-order valence-corrected chi connectivity index (χ4v) is 2.64. The molecule has 7 nitrogen and oxygen atoms in total. The molecule has 0 aromatic heterocycles. The standard InChI is InChI=1S/C22H28N4O3/c1-4-23-22(29)16-6-5-7-19(13-16)26-21(28)14-24-17-8-10-18(11-9-17)25-20(27)12-15(2)3/h5-11,13,15,24H,4,12,14H2,1-3H3,(H,23,29)(H,25,27)(H,26,28). The zero-order chi connectivity index (χ0) is 21.2. The molecule has 4 N–H and O–H groups in total. The SMILES string of the molecule is CCNC(=O)c1cccc(NC(=O)CNc2ccc(NC(=O)CC(C)C)cc2)c1. The molecular formula is C22H28N4O3. The normalized spacial score (nSPS) is 10.3. The second-order valence-electron chi connectivity index (χ2n) is 7.07. The number of anilines is 3. The summed E-state index contributed by atoms with van der Waals surface area (Å²) >= 11 is 0. The Morgan fingerprint density at radius 1 is 0.862 bits per heavy atom. The summed E-state index contributed by atoms with van der Waals surface area (Å²) in [5.41, 5.74) is 2.53. The molecule has 0 unspecified atom stereocenters. The molecule has 0 aliphatic rings. The lowest BCUT2D eigenvalue weighted by Crippen LogP contribution is -2.24. The molecule has 0 bridgehead atoms. The van der Waals surface area contributed by atoms with Crippen LogP contribution < -0.4 is 21.3 Å². The van der Waals surface area contributed by atoms with Crippen LogP contribution >= 0.6 is 0 Å². The van der Waals surface area contributed by atoms with Gasteiger partial charge in [-0.2, -0.15) is 0 Å². The topological polar surface area (TPSA) is 99.3 Å². The fraction of sp³-hybridized carbons (Fsp3) is 0.318. The van der Waals surface area contributed by atoms with Crippen LogP contribution in [0.5, 0.6) is 0 Å². The summed E-state index contributed by atoms with van der Waals surface area (Å²) in [5.74, 6) is -0.124. The van der Waals surface area contributed by atoms with Crippen LogP contribution in [0.3, 0.4) is 0 Å². The van der Waals surface area contributed by atoms with E-state index in [1.54, 1.807) is 48.5 Å². The van der Waals surface area contributed by atoms with Crippen molar-refractivity contribution in [2.24, 2.45) is 5.92 Å². The van der Waals surface area contributed by atoms with Gasteiger partial charge in [0.25, 0.3) is 5.91 Å². The van der Waals surface area contributed by atoms with Gasteiger partial charge >= 0.3 is 0 Å². The highest BCUT2D eigenvalue weighted by molar-refractivity contribution is 5.98. The van der Waals surface area contributed by atoms with Crippen LogP contribution in [0.1, 0.15) is 37.6 Å². The molecular weight excluding hydrogens is 368 g/mol. The summed E-state index contributed by atoms with van der Waals surface area (Å²) in [7, 11) is 0. The molecule has 2 aromatic carbocycles. The molecule has 0 radical (unpaired) electrons. The first-order chi connectivity index (χ1) is 13.9. The second-order valence-corrected chi connectivity index (χ2v) is 7.07. The molecule has 0 spiro atoms. The van der Waals surface area contributed by atoms with E-state index in [1.807, 2.05) is 20.8 Å². The van der Waals surface area contributed by atoms with E-state index in [1.165, 1.54) is 0 Å². The van der Waals surface area contributed by atoms with Crippen LogP contribution in [0.2, 0.25) is 0 Å². The summed E-state index contributed by atoms with van der Waals surface area (Å²) in [4.78, 5) is 35.8. The van der Waals surface area contributed by atoms with Crippen molar-refractivity contribution in [1.82, 2.24) is 5.32 Å². The Hall–Kier alpha value is -3.35. The monoisotopic (exact) mass is 396 g/mol. The zero-order valence-electron chi connectivity index (χ0n) is 17.0. The van der Waals surface area contributed by atoms with Gasteiger partial charge in [-0.25, -0.2) is 0 Å². The first kappa shape index (κ1) is 21.9. The van der Waals surface area contributed by atoms with Gasteiger partial charge in [-0.15, -0.1) is 0 Å². The van der Waals surface area contributed by atoms with Crippen molar-refractivity contribution in [3.8, 4) is 0 Å². The second kappa shape index (κ2) is 10.8. The Balaban J connectivity index is 1.84. The highest BCUT2D eigenvalue weighted by atomic mass is 16.2. The van der Waals surface area contributed by atoms with E-state index in [9.17, 15) is 14.4 Å². The van der Waals surface area contributed by atoms with E-state index in [0.29, 0.717) is 35.8 Å². The van der Waals surface area contributed by atoms with E-state index < -0.39 is 0 Å². The maximum absolute atomic E-state index is 12.2. The van der Waals surface area contributed by atoms with Crippen molar-refractivity contribution in [1.29, 1.82) is 0 Å². The minimum absolute atomic E-state index is 0.0186. The first-order valence-electron chi connectivity index (χ1n) is 9.69. The van der Waals surface area contributed by atoms with Gasteiger partial charge in [0.1, 0.15) is 0 Å². The maximum atomic E-state index is 12.2. The third-order valence-electron chi connectivity index (χ3n) is 3.96. The third-order valence-corrected chi connectivity index (χ3v) is 3.96. The Bertz CT molecular complexity index is 847. The minimum Gasteiger partial charge on any atom is -0.376 e. The molecule has 154 valence electrons. The summed E-state index contributed by atoms with van der Waals surface area (Å²) < 4.78 is 0. The molecule has 0 saturated carbocycles. The minimum atomic E-state index is -0.229. The van der Waals surface area contributed by atoms with E-state index in [4.69, 9.17) is 0 Å². The van der Waals surface area contributed by atoms with Crippen molar-refractivity contribution in [3.63, 3.8) is 0 Å². The fourth-order valence-electron chi connectivity index (χ4n) is 2.64. The molecule has 29 heavy (non-hydrogen) atoms. The number of carbonyl (C=O) groups excluding carboxylic acids is 3. The number of benzene rings is 2. The highest BCUT2D eigenvalue weighted by Gasteiger charge is 2.08. The lowest BCUT2D eigenvalue weighted by Gasteiger charge is -2.10. The molecule has 7 heteroatoms. The van der Waals surface area contributed by atoms with Crippen LogP contribution in [0, 0.1) is 5.92 Å². The van der Waals surface area contributed by atoms with Crippen LogP contribution in [0.25, 0.3) is 0 Å². The summed E-state index contributed by atoms with van der Waals surface area (Å²) in [6.07, 6.45) is 0.474. The van der Waals surface area contributed by atoms with Crippen LogP contribution in [0.4, 0.5) is 17.1 Å². The average molecular weight is 396 g/mol. The molecule has 0 aliphatic carbocycles. The number of amides is 3. The Morgan fingerprint density at radius 3 is 2.17 bits per heavy atom. The lowest BCUT2D eigenvalue weighted by atomic mass is 10.1. The predicted molar refractivity (Wildman–Crippen MR) is 116 cm³/mol. The van der Waals surface area contributed by atoms with Crippen molar-refractivity contribution in [2.75, 3.05) is 29.0 Å². The maximum Gasteiger partial charge on any atom is 0.251 e. The van der Waals surface area contributed by atoms with E-state index in [0.717, 1.165) is 5.69 Å². The summed E-state index contributed by atoms with van der Waals surface area (Å²) in [6.45, 7) is 6.45. The van der Waals surface area contributed by atoms with Gasteiger partial charge in [-0.3, -0.25) is 14.4 Å². The van der Waals surface area contributed by atoms with Gasteiger partial charge in [0.15, 0.2) is 0 Å². The number of rotatable bonds is 9. The number of nitrogens with one attached hydrogen (secondary N) is 4. The Kier molecular flexibility index (Phi) is 8.21. The average Bonchev–Trinajstić information content (AvgIpc) is 2.67. The smallest absolute Gasteiger partial charge is 0.251 e. The lowest BCUT2D eigenvalue weighted by molar-refractivity contribution is -0.117. The molecule has 0 saturated heterocycles. The number of carbonyl (C=O) groups is 3. The molecule has 0 heterocycles. The van der Waals surface area contributed by atoms with Gasteiger partial charge < -0.3 is 21.3 Å². The van der Waals surface area contributed by atoms with Crippen molar-refractivity contribution in [3.05, 3.63) is 54.1 Å². The molecule has 2 aromatic rings. The predicted octanol–water partition coefficient (Wildman–Crippen LogP) is 3.47. The number of hydrogen-bond acceptors (Lipinski definition) is 4. The molecule has 0 aliphatic heterocycles. The van der Waals surface area contributed by atoms with Crippen molar-refractivity contribution < 1.29 is 14.4 Å². The van der Waals surface area contributed by atoms with E-state index >= 15 is 0 Å². The zero-order valence-corrected chi connectivity index (χ0v) is 17.0. The number of hydrogen-bond donors (Lipinski definition) is 4. The van der Waals surface area contributed by atoms with Crippen LogP contribution in [-0.4, -0.2) is 30.8 Å². The first-order valence-corrected chi connectivity index (χ1v) is 9.69. The third kappa shape index (κ3) is 7.65. The van der Waals surface area contributed by atoms with Gasteiger partial charge in [0.2, 0.25) is 11.8 Å². The van der Waals surface area contributed by atoms with Crippen molar-refractivity contribution >= 4 is 34.8 Å².